The number of carbonyl (C=O) groups excluding carboxylic acids is 2. The minimum atomic E-state index is -2.64. The number of hydrogen-bond donors (Lipinski definition) is 2. The molecule has 2 atom stereocenters. The van der Waals surface area contributed by atoms with E-state index < -0.39 is 12.0 Å². The molecular formula is C29H30ClF3N2O4. The van der Waals surface area contributed by atoms with Gasteiger partial charge in [0.25, 0.3) is 11.8 Å². The first kappa shape index (κ1) is 26.4. The first-order valence-corrected chi connectivity index (χ1v) is 13.6. The largest absolute Gasteiger partial charge is 0.484 e. The highest BCUT2D eigenvalue weighted by Crippen LogP contribution is 2.69. The molecule has 2 N–H and O–H groups in total. The molecule has 4 fully saturated rings. The van der Waals surface area contributed by atoms with E-state index in [-0.39, 0.29) is 60.0 Å². The number of nitrogens with one attached hydrogen (secondary N) is 2. The predicted molar refractivity (Wildman–Crippen MR) is 138 cm³/mol. The summed E-state index contributed by atoms with van der Waals surface area (Å²) in [6.07, 6.45) is 1.68. The van der Waals surface area contributed by atoms with Crippen LogP contribution in [0.25, 0.3) is 0 Å². The lowest BCUT2D eigenvalue weighted by atomic mass is 9.38. The molecule has 0 spiro atoms. The molecule has 208 valence electrons. The number of aryl methyl sites for hydroxylation is 1. The first-order valence-electron chi connectivity index (χ1n) is 13.2. The summed E-state index contributed by atoms with van der Waals surface area (Å²) in [4.78, 5) is 25.8. The molecule has 1 heterocycles. The van der Waals surface area contributed by atoms with Gasteiger partial charge in [-0.1, -0.05) is 17.7 Å². The van der Waals surface area contributed by atoms with Gasteiger partial charge in [0.05, 0.1) is 0 Å². The van der Waals surface area contributed by atoms with Crippen LogP contribution in [0.15, 0.2) is 36.4 Å². The van der Waals surface area contributed by atoms with Crippen molar-refractivity contribution in [2.24, 2.45) is 5.41 Å². The van der Waals surface area contributed by atoms with E-state index in [0.29, 0.717) is 54.2 Å². The van der Waals surface area contributed by atoms with Crippen molar-refractivity contribution in [1.82, 2.24) is 10.6 Å². The number of ketones is 1. The molecule has 1 aliphatic heterocycles. The van der Waals surface area contributed by atoms with E-state index in [0.717, 1.165) is 5.56 Å². The number of ether oxygens (including phenoxy) is 2. The summed E-state index contributed by atoms with van der Waals surface area (Å²) in [5.41, 5.74) is 0.802. The van der Waals surface area contributed by atoms with Gasteiger partial charge in [0.15, 0.2) is 18.5 Å². The maximum atomic E-state index is 13.7. The zero-order chi connectivity index (χ0) is 27.6. The molecule has 4 saturated carbocycles. The maximum Gasteiger partial charge on any atom is 0.258 e. The van der Waals surface area contributed by atoms with Crippen LogP contribution >= 0.6 is 11.6 Å². The first-order chi connectivity index (χ1) is 18.4. The second-order valence-corrected chi connectivity index (χ2v) is 12.3. The minimum absolute atomic E-state index is 0.0225. The number of Topliss-reactive ketones (excluding diaryl/α,β-unsaturated/α-hetero) is 1. The average molecular weight is 563 g/mol. The van der Waals surface area contributed by atoms with Gasteiger partial charge in [0.1, 0.15) is 17.3 Å². The van der Waals surface area contributed by atoms with Crippen molar-refractivity contribution in [2.75, 3.05) is 6.61 Å². The van der Waals surface area contributed by atoms with Crippen LogP contribution < -0.4 is 20.1 Å². The topological polar surface area (TPSA) is 76.7 Å². The van der Waals surface area contributed by atoms with Crippen molar-refractivity contribution in [3.63, 3.8) is 0 Å². The third-order valence-corrected chi connectivity index (χ3v) is 8.79. The minimum Gasteiger partial charge on any atom is -0.484 e. The predicted octanol–water partition coefficient (Wildman–Crippen LogP) is 5.44. The standard InChI is InChI=1S/C29H30ClF3N2O4/c1-16-2-4-19(7-21(16)31)38-12-26(37)35-28-13-27(14-28,15-28)11-23(36)25-8-22(34-18-9-29(32,33)10-18)20-6-17(30)3-5-24(20)39-25/h2-7,18,22,25,34H,8-15H2,1H3,(H,35,37). The number of carbonyl (C=O) groups is 2. The second kappa shape index (κ2) is 9.41. The van der Waals surface area contributed by atoms with Gasteiger partial charge >= 0.3 is 0 Å². The Bertz CT molecular complexity index is 1310. The van der Waals surface area contributed by atoms with Crippen LogP contribution in [-0.4, -0.2) is 41.9 Å². The molecule has 6 nitrogen and oxygen atoms in total. The molecule has 2 aromatic rings. The van der Waals surface area contributed by atoms with E-state index in [1.54, 1.807) is 37.3 Å². The van der Waals surface area contributed by atoms with Gasteiger partial charge in [-0.25, -0.2) is 13.2 Å². The molecule has 2 unspecified atom stereocenters. The number of rotatable bonds is 9. The number of fused-ring (bicyclic) bond motifs is 1. The van der Waals surface area contributed by atoms with Crippen LogP contribution in [-0.2, 0) is 9.59 Å². The van der Waals surface area contributed by atoms with Gasteiger partial charge in [0.2, 0.25) is 0 Å². The summed E-state index contributed by atoms with van der Waals surface area (Å²) >= 11 is 6.18. The molecule has 4 aliphatic carbocycles. The van der Waals surface area contributed by atoms with Gasteiger partial charge in [0, 0.05) is 60.0 Å². The summed E-state index contributed by atoms with van der Waals surface area (Å²) in [5.74, 6) is -2.50. The summed E-state index contributed by atoms with van der Waals surface area (Å²) in [6.45, 7) is 1.44. The number of hydrogen-bond acceptors (Lipinski definition) is 5. The van der Waals surface area contributed by atoms with Gasteiger partial charge < -0.3 is 20.1 Å². The van der Waals surface area contributed by atoms with Crippen molar-refractivity contribution in [3.8, 4) is 11.5 Å². The lowest BCUT2D eigenvalue weighted by Crippen LogP contribution is -2.75. The number of halogens is 4. The fourth-order valence-electron chi connectivity index (χ4n) is 6.81. The van der Waals surface area contributed by atoms with Crippen LogP contribution in [0.4, 0.5) is 13.2 Å². The summed E-state index contributed by atoms with van der Waals surface area (Å²) in [6, 6.07) is 9.02. The fraction of sp³-hybridized carbons (Fsp3) is 0.517. The van der Waals surface area contributed by atoms with Gasteiger partial charge in [-0.3, -0.25) is 9.59 Å². The van der Waals surface area contributed by atoms with Crippen LogP contribution in [0.3, 0.4) is 0 Å². The van der Waals surface area contributed by atoms with Gasteiger partial charge in [-0.05, 0) is 61.4 Å². The van der Waals surface area contributed by atoms with Crippen molar-refractivity contribution in [2.45, 2.75) is 81.5 Å². The third kappa shape index (κ3) is 5.23. The molecule has 2 aromatic carbocycles. The van der Waals surface area contributed by atoms with Gasteiger partial charge in [-0.15, -0.1) is 0 Å². The molecule has 0 aromatic heterocycles. The monoisotopic (exact) mass is 562 g/mol. The molecule has 2 bridgehead atoms. The molecule has 7 rings (SSSR count). The Hall–Kier alpha value is -2.78. The van der Waals surface area contributed by atoms with Crippen LogP contribution in [0.2, 0.25) is 5.02 Å². The summed E-state index contributed by atoms with van der Waals surface area (Å²) in [5, 5.41) is 6.82. The Morgan fingerprint density at radius 2 is 1.87 bits per heavy atom. The van der Waals surface area contributed by atoms with Gasteiger partial charge in [-0.2, -0.15) is 0 Å². The van der Waals surface area contributed by atoms with E-state index in [1.807, 2.05) is 0 Å². The molecule has 5 aliphatic rings. The quantitative estimate of drug-likeness (QED) is 0.425. The zero-order valence-electron chi connectivity index (χ0n) is 21.5. The Morgan fingerprint density at radius 3 is 2.56 bits per heavy atom. The highest BCUT2D eigenvalue weighted by molar-refractivity contribution is 6.30. The maximum absolute atomic E-state index is 13.7. The van der Waals surface area contributed by atoms with E-state index in [9.17, 15) is 22.8 Å². The van der Waals surface area contributed by atoms with Crippen molar-refractivity contribution >= 4 is 23.3 Å². The Balaban J connectivity index is 1.01. The Kier molecular flexibility index (Phi) is 6.38. The summed E-state index contributed by atoms with van der Waals surface area (Å²) in [7, 11) is 0. The van der Waals surface area contributed by atoms with E-state index in [4.69, 9.17) is 21.1 Å². The van der Waals surface area contributed by atoms with Crippen molar-refractivity contribution in [3.05, 3.63) is 58.4 Å². The van der Waals surface area contributed by atoms with E-state index >= 15 is 0 Å². The Labute approximate surface area is 229 Å². The fourth-order valence-corrected chi connectivity index (χ4v) is 6.99. The second-order valence-electron chi connectivity index (χ2n) is 11.9. The lowest BCUT2D eigenvalue weighted by Gasteiger charge is -2.70. The number of amides is 1. The molecule has 1 amide bonds. The van der Waals surface area contributed by atoms with E-state index in [2.05, 4.69) is 10.6 Å². The normalized spacial score (nSPS) is 30.1. The molecular weight excluding hydrogens is 533 g/mol. The number of alkyl halides is 2. The van der Waals surface area contributed by atoms with Crippen LogP contribution in [0.1, 0.15) is 62.1 Å². The zero-order valence-corrected chi connectivity index (χ0v) is 22.3. The van der Waals surface area contributed by atoms with Crippen LogP contribution in [0.5, 0.6) is 11.5 Å². The van der Waals surface area contributed by atoms with Crippen molar-refractivity contribution in [1.29, 1.82) is 0 Å². The summed E-state index contributed by atoms with van der Waals surface area (Å²) < 4.78 is 52.0. The average Bonchev–Trinajstić information content (AvgIpc) is 2.81. The van der Waals surface area contributed by atoms with Crippen LogP contribution in [0, 0.1) is 18.2 Å². The third-order valence-electron chi connectivity index (χ3n) is 8.56. The highest BCUT2D eigenvalue weighted by atomic mass is 35.5. The molecule has 0 radical (unpaired) electrons. The SMILES string of the molecule is Cc1ccc(OCC(=O)NC23CC(CC(=O)C4CC(NC5CC(F)(F)C5)c5cc(Cl)ccc5O4)(C2)C3)cc1F. The number of benzene rings is 2. The smallest absolute Gasteiger partial charge is 0.258 e. The highest BCUT2D eigenvalue weighted by Gasteiger charge is 2.68. The Morgan fingerprint density at radius 1 is 1.13 bits per heavy atom. The molecule has 39 heavy (non-hydrogen) atoms. The molecule has 0 saturated heterocycles. The molecule has 10 heteroatoms. The van der Waals surface area contributed by atoms with E-state index in [1.165, 1.54) is 6.07 Å². The lowest BCUT2D eigenvalue weighted by molar-refractivity contribution is -0.175. The van der Waals surface area contributed by atoms with Crippen molar-refractivity contribution < 1.29 is 32.2 Å².